The Kier molecular flexibility index (Phi) is 5.54. The summed E-state index contributed by atoms with van der Waals surface area (Å²) in [6, 6.07) is 1.76. The van der Waals surface area contributed by atoms with Crippen LogP contribution < -0.4 is 16.4 Å². The summed E-state index contributed by atoms with van der Waals surface area (Å²) in [7, 11) is 0. The maximum absolute atomic E-state index is 5.82. The molecular formula is C9H16Cl2N4. The maximum atomic E-state index is 5.82. The van der Waals surface area contributed by atoms with Crippen LogP contribution in [-0.2, 0) is 0 Å². The number of nitrogens with two attached hydrogens (primary N) is 2. The zero-order valence-corrected chi connectivity index (χ0v) is 9.98. The summed E-state index contributed by atoms with van der Waals surface area (Å²) in [6.45, 7) is 2.11. The minimum absolute atomic E-state index is 0. The van der Waals surface area contributed by atoms with E-state index >= 15 is 0 Å². The average Bonchev–Trinajstić information content (AvgIpc) is 2.56. The third-order valence-electron chi connectivity index (χ3n) is 2.32. The first kappa shape index (κ1) is 14.1. The highest BCUT2D eigenvalue weighted by Crippen LogP contribution is 2.25. The van der Waals surface area contributed by atoms with Crippen molar-refractivity contribution in [2.24, 2.45) is 0 Å². The van der Waals surface area contributed by atoms with Gasteiger partial charge in [0, 0.05) is 13.1 Å². The Morgan fingerprint density at radius 2 is 1.73 bits per heavy atom. The van der Waals surface area contributed by atoms with Crippen molar-refractivity contribution in [3.8, 4) is 0 Å². The number of hydrogen-bond acceptors (Lipinski definition) is 4. The molecule has 0 bridgehead atoms. The molecule has 1 aliphatic rings. The standard InChI is InChI=1S/C9H14N4.2ClH/c10-7-5-8(11)9(12-6-7)13-3-1-2-4-13;;/h5-6H,1-4,10-11H2;2*1H. The van der Waals surface area contributed by atoms with Crippen LogP contribution in [0.5, 0.6) is 0 Å². The van der Waals surface area contributed by atoms with Crippen molar-refractivity contribution in [3.63, 3.8) is 0 Å². The minimum Gasteiger partial charge on any atom is -0.397 e. The summed E-state index contributed by atoms with van der Waals surface area (Å²) in [6.07, 6.45) is 4.11. The number of pyridine rings is 1. The van der Waals surface area contributed by atoms with Gasteiger partial charge < -0.3 is 16.4 Å². The molecule has 1 saturated heterocycles. The summed E-state index contributed by atoms with van der Waals surface area (Å²) < 4.78 is 0. The van der Waals surface area contributed by atoms with Gasteiger partial charge >= 0.3 is 0 Å². The normalized spacial score (nSPS) is 14.3. The van der Waals surface area contributed by atoms with E-state index in [0.29, 0.717) is 11.4 Å². The molecule has 2 heterocycles. The Morgan fingerprint density at radius 3 is 2.27 bits per heavy atom. The third kappa shape index (κ3) is 3.04. The lowest BCUT2D eigenvalue weighted by atomic mass is 10.3. The van der Waals surface area contributed by atoms with Gasteiger partial charge in [0.25, 0.3) is 0 Å². The number of anilines is 3. The van der Waals surface area contributed by atoms with E-state index < -0.39 is 0 Å². The molecule has 4 N–H and O–H groups in total. The van der Waals surface area contributed by atoms with E-state index in [1.807, 2.05) is 0 Å². The molecule has 4 nitrogen and oxygen atoms in total. The van der Waals surface area contributed by atoms with Crippen LogP contribution in [-0.4, -0.2) is 18.1 Å². The molecule has 0 unspecified atom stereocenters. The van der Waals surface area contributed by atoms with Crippen LogP contribution in [0, 0.1) is 0 Å². The molecule has 0 spiro atoms. The monoisotopic (exact) mass is 250 g/mol. The first-order valence-electron chi connectivity index (χ1n) is 4.53. The number of nitrogens with zero attached hydrogens (tertiary/aromatic N) is 2. The predicted octanol–water partition coefficient (Wildman–Crippen LogP) is 1.69. The molecular weight excluding hydrogens is 235 g/mol. The molecule has 0 radical (unpaired) electrons. The Balaban J connectivity index is 0.000000980. The fourth-order valence-corrected chi connectivity index (χ4v) is 1.68. The second kappa shape index (κ2) is 5.88. The minimum atomic E-state index is 0. The molecule has 0 amide bonds. The average molecular weight is 251 g/mol. The van der Waals surface area contributed by atoms with E-state index in [9.17, 15) is 0 Å². The Hall–Kier alpha value is -0.870. The topological polar surface area (TPSA) is 68.2 Å². The van der Waals surface area contributed by atoms with Gasteiger partial charge in [-0.15, -0.1) is 24.8 Å². The SMILES string of the molecule is Cl.Cl.Nc1cnc(N2CCCC2)c(N)c1. The van der Waals surface area contributed by atoms with Crippen LogP contribution in [0.1, 0.15) is 12.8 Å². The number of aromatic nitrogens is 1. The van der Waals surface area contributed by atoms with Crippen LogP contribution in [0.4, 0.5) is 17.2 Å². The lowest BCUT2D eigenvalue weighted by Gasteiger charge is -2.17. The zero-order valence-electron chi connectivity index (χ0n) is 8.35. The predicted molar refractivity (Wildman–Crippen MR) is 69.0 cm³/mol. The molecule has 0 aromatic carbocycles. The van der Waals surface area contributed by atoms with Gasteiger partial charge in [0.15, 0.2) is 5.82 Å². The van der Waals surface area contributed by atoms with Gasteiger partial charge in [0.1, 0.15) is 0 Å². The highest BCUT2D eigenvalue weighted by Gasteiger charge is 2.15. The smallest absolute Gasteiger partial charge is 0.151 e. The van der Waals surface area contributed by atoms with Crippen molar-refractivity contribution in [2.45, 2.75) is 12.8 Å². The molecule has 86 valence electrons. The van der Waals surface area contributed by atoms with Crippen molar-refractivity contribution in [2.75, 3.05) is 29.5 Å². The van der Waals surface area contributed by atoms with E-state index in [0.717, 1.165) is 18.9 Å². The van der Waals surface area contributed by atoms with Crippen LogP contribution in [0.3, 0.4) is 0 Å². The molecule has 0 atom stereocenters. The summed E-state index contributed by atoms with van der Waals surface area (Å²) in [5.41, 5.74) is 12.7. The van der Waals surface area contributed by atoms with Gasteiger partial charge in [0.05, 0.1) is 17.6 Å². The fraction of sp³-hybridized carbons (Fsp3) is 0.444. The molecule has 6 heteroatoms. The highest BCUT2D eigenvalue weighted by atomic mass is 35.5. The Bertz CT molecular complexity index is 313. The third-order valence-corrected chi connectivity index (χ3v) is 2.32. The lowest BCUT2D eigenvalue weighted by molar-refractivity contribution is 0.941. The second-order valence-corrected chi connectivity index (χ2v) is 3.38. The molecule has 0 aliphatic carbocycles. The van der Waals surface area contributed by atoms with Gasteiger partial charge in [-0.2, -0.15) is 0 Å². The molecule has 15 heavy (non-hydrogen) atoms. The van der Waals surface area contributed by atoms with Crippen molar-refractivity contribution in [1.29, 1.82) is 0 Å². The van der Waals surface area contributed by atoms with Gasteiger partial charge in [-0.25, -0.2) is 4.98 Å². The van der Waals surface area contributed by atoms with E-state index in [4.69, 9.17) is 11.5 Å². The number of rotatable bonds is 1. The van der Waals surface area contributed by atoms with E-state index in [1.54, 1.807) is 12.3 Å². The summed E-state index contributed by atoms with van der Waals surface area (Å²) in [5, 5.41) is 0. The van der Waals surface area contributed by atoms with Crippen LogP contribution in [0.25, 0.3) is 0 Å². The molecule has 1 aromatic heterocycles. The van der Waals surface area contributed by atoms with E-state index in [1.165, 1.54) is 12.8 Å². The fourth-order valence-electron chi connectivity index (χ4n) is 1.68. The van der Waals surface area contributed by atoms with Crippen molar-refractivity contribution in [3.05, 3.63) is 12.3 Å². The van der Waals surface area contributed by atoms with Gasteiger partial charge in [-0.05, 0) is 18.9 Å². The Labute approximate surface area is 102 Å². The van der Waals surface area contributed by atoms with Gasteiger partial charge in [0.2, 0.25) is 0 Å². The van der Waals surface area contributed by atoms with Gasteiger partial charge in [-0.3, -0.25) is 0 Å². The van der Waals surface area contributed by atoms with Crippen molar-refractivity contribution in [1.82, 2.24) is 4.98 Å². The maximum Gasteiger partial charge on any atom is 0.151 e. The number of hydrogen-bond donors (Lipinski definition) is 2. The molecule has 1 fully saturated rings. The zero-order chi connectivity index (χ0) is 9.26. The summed E-state index contributed by atoms with van der Waals surface area (Å²) >= 11 is 0. The molecule has 1 aromatic rings. The lowest BCUT2D eigenvalue weighted by Crippen LogP contribution is -2.20. The highest BCUT2D eigenvalue weighted by molar-refractivity contribution is 5.85. The number of halogens is 2. The summed E-state index contributed by atoms with van der Waals surface area (Å²) in [5.74, 6) is 0.881. The second-order valence-electron chi connectivity index (χ2n) is 3.38. The molecule has 1 aliphatic heterocycles. The summed E-state index contributed by atoms with van der Waals surface area (Å²) in [4.78, 5) is 6.44. The molecule has 2 rings (SSSR count). The van der Waals surface area contributed by atoms with Crippen molar-refractivity contribution < 1.29 is 0 Å². The van der Waals surface area contributed by atoms with Crippen LogP contribution in [0.15, 0.2) is 12.3 Å². The van der Waals surface area contributed by atoms with Crippen LogP contribution >= 0.6 is 24.8 Å². The van der Waals surface area contributed by atoms with Crippen LogP contribution in [0.2, 0.25) is 0 Å². The largest absolute Gasteiger partial charge is 0.397 e. The van der Waals surface area contributed by atoms with Gasteiger partial charge in [-0.1, -0.05) is 0 Å². The number of nitrogen functional groups attached to an aromatic ring is 2. The molecule has 0 saturated carbocycles. The quantitative estimate of drug-likeness (QED) is 0.796. The first-order chi connectivity index (χ1) is 6.27. The van der Waals surface area contributed by atoms with E-state index in [-0.39, 0.29) is 24.8 Å². The first-order valence-corrected chi connectivity index (χ1v) is 4.53. The Morgan fingerprint density at radius 1 is 1.13 bits per heavy atom. The van der Waals surface area contributed by atoms with Crippen molar-refractivity contribution >= 4 is 42.0 Å². The van der Waals surface area contributed by atoms with E-state index in [2.05, 4.69) is 9.88 Å².